The van der Waals surface area contributed by atoms with Crippen molar-refractivity contribution in [2.45, 2.75) is 43.8 Å². The molecule has 0 unspecified atom stereocenters. The van der Waals surface area contributed by atoms with Crippen molar-refractivity contribution in [3.8, 4) is 0 Å². The van der Waals surface area contributed by atoms with Crippen molar-refractivity contribution < 1.29 is 8.42 Å². The molecule has 0 saturated carbocycles. The fraction of sp³-hybridized carbons (Fsp3) is 0.529. The molecule has 1 saturated heterocycles. The van der Waals surface area contributed by atoms with Crippen LogP contribution >= 0.6 is 0 Å². The molecule has 1 heterocycles. The summed E-state index contributed by atoms with van der Waals surface area (Å²) in [6.07, 6.45) is 6.35. The summed E-state index contributed by atoms with van der Waals surface area (Å²) in [5.41, 5.74) is 17.7. The SMILES string of the molecule is NC(=Nc1c2c(cc3c1CCC3)CCC2)/N=C(\N)S(=O)(=O)C1CNC1. The van der Waals surface area contributed by atoms with Gasteiger partial charge in [0, 0.05) is 13.1 Å². The Morgan fingerprint density at radius 1 is 1.04 bits per heavy atom. The predicted octanol–water partition coefficient (Wildman–Crippen LogP) is 0.312. The van der Waals surface area contributed by atoms with Gasteiger partial charge in [0.2, 0.25) is 21.0 Å². The summed E-state index contributed by atoms with van der Waals surface area (Å²) in [6.45, 7) is 0.796. The maximum Gasteiger partial charge on any atom is 0.223 e. The second-order valence-corrected chi connectivity index (χ2v) is 9.13. The summed E-state index contributed by atoms with van der Waals surface area (Å²) in [6, 6.07) is 2.31. The third-order valence-corrected chi connectivity index (χ3v) is 7.25. The van der Waals surface area contributed by atoms with E-state index in [0.29, 0.717) is 13.1 Å². The van der Waals surface area contributed by atoms with Crippen molar-refractivity contribution in [3.05, 3.63) is 28.3 Å². The molecule has 0 spiro atoms. The zero-order valence-electron chi connectivity index (χ0n) is 14.1. The lowest BCUT2D eigenvalue weighted by Gasteiger charge is -2.26. The summed E-state index contributed by atoms with van der Waals surface area (Å²) < 4.78 is 24.5. The van der Waals surface area contributed by atoms with E-state index in [4.69, 9.17) is 11.5 Å². The zero-order chi connectivity index (χ0) is 17.6. The van der Waals surface area contributed by atoms with Crippen LogP contribution in [0.4, 0.5) is 5.69 Å². The van der Waals surface area contributed by atoms with Gasteiger partial charge < -0.3 is 16.8 Å². The van der Waals surface area contributed by atoms with E-state index < -0.39 is 20.3 Å². The highest BCUT2D eigenvalue weighted by Gasteiger charge is 2.34. The second kappa shape index (κ2) is 6.10. The normalized spacial score (nSPS) is 21.1. The minimum Gasteiger partial charge on any atom is -0.374 e. The van der Waals surface area contributed by atoms with Gasteiger partial charge in [-0.1, -0.05) is 6.07 Å². The van der Waals surface area contributed by atoms with Gasteiger partial charge in [0.15, 0.2) is 0 Å². The van der Waals surface area contributed by atoms with Gasteiger partial charge in [0.25, 0.3) is 0 Å². The Kier molecular flexibility index (Phi) is 4.04. The average Bonchev–Trinajstić information content (AvgIpc) is 3.12. The van der Waals surface area contributed by atoms with Crippen molar-refractivity contribution in [2.75, 3.05) is 13.1 Å². The van der Waals surface area contributed by atoms with E-state index in [2.05, 4.69) is 21.4 Å². The maximum absolute atomic E-state index is 12.3. The third-order valence-electron chi connectivity index (χ3n) is 5.37. The molecule has 0 atom stereocenters. The highest BCUT2D eigenvalue weighted by Crippen LogP contribution is 2.40. The van der Waals surface area contributed by atoms with E-state index in [-0.39, 0.29) is 5.96 Å². The van der Waals surface area contributed by atoms with E-state index in [9.17, 15) is 8.42 Å². The Labute approximate surface area is 147 Å². The third kappa shape index (κ3) is 2.83. The molecule has 1 aliphatic heterocycles. The molecule has 0 amide bonds. The number of fused-ring (bicyclic) bond motifs is 2. The first kappa shape index (κ1) is 16.5. The number of aryl methyl sites for hydroxylation is 2. The zero-order valence-corrected chi connectivity index (χ0v) is 14.9. The summed E-state index contributed by atoms with van der Waals surface area (Å²) in [4.78, 5) is 8.41. The lowest BCUT2D eigenvalue weighted by molar-refractivity contribution is 0.502. The molecule has 7 nitrogen and oxygen atoms in total. The van der Waals surface area contributed by atoms with Crippen LogP contribution in [0, 0.1) is 0 Å². The fourth-order valence-corrected chi connectivity index (χ4v) is 5.13. The molecule has 0 aromatic heterocycles. The van der Waals surface area contributed by atoms with Gasteiger partial charge in [-0.3, -0.25) is 0 Å². The van der Waals surface area contributed by atoms with Gasteiger partial charge in [-0.15, -0.1) is 0 Å². The molecule has 3 aliphatic rings. The van der Waals surface area contributed by atoms with Crippen LogP contribution in [0.2, 0.25) is 0 Å². The highest BCUT2D eigenvalue weighted by atomic mass is 32.2. The number of rotatable bonds is 2. The molecule has 5 N–H and O–H groups in total. The number of amidine groups is 1. The number of aliphatic imine (C=N–C) groups is 2. The van der Waals surface area contributed by atoms with Gasteiger partial charge in [0.05, 0.1) is 10.9 Å². The van der Waals surface area contributed by atoms with Gasteiger partial charge in [-0.2, -0.15) is 4.99 Å². The molecular formula is C17H23N5O2S. The van der Waals surface area contributed by atoms with Crippen LogP contribution in [0.3, 0.4) is 0 Å². The average molecular weight is 361 g/mol. The molecule has 0 bridgehead atoms. The van der Waals surface area contributed by atoms with Crippen LogP contribution in [0.5, 0.6) is 0 Å². The van der Waals surface area contributed by atoms with Gasteiger partial charge in [-0.05, 0) is 60.8 Å². The van der Waals surface area contributed by atoms with Crippen LogP contribution in [0.15, 0.2) is 16.1 Å². The molecule has 4 rings (SSSR count). The lowest BCUT2D eigenvalue weighted by Crippen LogP contribution is -2.54. The standard InChI is InChI=1S/C17H23N5O2S/c18-16(22-17(19)25(23,24)12-8-20-9-12)21-15-13-5-1-3-10(13)7-11-4-2-6-14(11)15/h7,12,20H,1-6,8-9H2,(H4,18,19,21,22). The molecule has 2 aliphatic carbocycles. The summed E-state index contributed by atoms with van der Waals surface area (Å²) in [5.74, 6) is -0.0808. The largest absolute Gasteiger partial charge is 0.374 e. The topological polar surface area (TPSA) is 123 Å². The van der Waals surface area contributed by atoms with Crippen molar-refractivity contribution in [3.63, 3.8) is 0 Å². The molecule has 134 valence electrons. The number of hydrogen-bond donors (Lipinski definition) is 3. The number of nitrogens with two attached hydrogens (primary N) is 2. The molecular weight excluding hydrogens is 338 g/mol. The Hall–Kier alpha value is -1.93. The molecule has 0 radical (unpaired) electrons. The number of benzene rings is 1. The molecule has 1 aromatic carbocycles. The lowest BCUT2D eigenvalue weighted by atomic mass is 9.99. The van der Waals surface area contributed by atoms with Crippen LogP contribution in [-0.2, 0) is 35.5 Å². The monoisotopic (exact) mass is 361 g/mol. The Bertz CT molecular complexity index is 853. The minimum atomic E-state index is -3.61. The minimum absolute atomic E-state index is 0.0808. The Morgan fingerprint density at radius 3 is 2.16 bits per heavy atom. The van der Waals surface area contributed by atoms with Gasteiger partial charge in [0.1, 0.15) is 0 Å². The number of nitrogens with zero attached hydrogens (tertiary/aromatic N) is 2. The van der Waals surface area contributed by atoms with Crippen LogP contribution < -0.4 is 16.8 Å². The van der Waals surface area contributed by atoms with Crippen LogP contribution in [-0.4, -0.2) is 37.9 Å². The number of guanidine groups is 1. The summed E-state index contributed by atoms with van der Waals surface area (Å²) in [5, 5.41) is 1.96. The molecule has 1 fully saturated rings. The van der Waals surface area contributed by atoms with E-state index in [1.807, 2.05) is 0 Å². The van der Waals surface area contributed by atoms with Crippen molar-refractivity contribution in [1.82, 2.24) is 5.32 Å². The maximum atomic E-state index is 12.3. The first-order valence-corrected chi connectivity index (χ1v) is 10.3. The summed E-state index contributed by atoms with van der Waals surface area (Å²) >= 11 is 0. The Balaban J connectivity index is 1.71. The number of nitrogens with one attached hydrogen (secondary N) is 1. The van der Waals surface area contributed by atoms with Crippen molar-refractivity contribution in [2.24, 2.45) is 21.5 Å². The smallest absolute Gasteiger partial charge is 0.223 e. The van der Waals surface area contributed by atoms with Crippen molar-refractivity contribution >= 4 is 26.7 Å². The quantitative estimate of drug-likeness (QED) is 0.517. The highest BCUT2D eigenvalue weighted by molar-refractivity contribution is 8.06. The van der Waals surface area contributed by atoms with E-state index >= 15 is 0 Å². The van der Waals surface area contributed by atoms with E-state index in [1.165, 1.54) is 22.3 Å². The first-order valence-electron chi connectivity index (χ1n) is 8.76. The number of hydrogen-bond acceptors (Lipinski definition) is 4. The van der Waals surface area contributed by atoms with E-state index in [0.717, 1.165) is 44.2 Å². The molecule has 1 aromatic rings. The predicted molar refractivity (Wildman–Crippen MR) is 99.0 cm³/mol. The first-order chi connectivity index (χ1) is 12.0. The van der Waals surface area contributed by atoms with Crippen LogP contribution in [0.1, 0.15) is 35.1 Å². The fourth-order valence-electron chi connectivity index (χ4n) is 3.89. The van der Waals surface area contributed by atoms with Gasteiger partial charge >= 0.3 is 0 Å². The number of sulfone groups is 1. The molecule has 25 heavy (non-hydrogen) atoms. The molecule has 8 heteroatoms. The van der Waals surface area contributed by atoms with E-state index in [1.54, 1.807) is 0 Å². The Morgan fingerprint density at radius 2 is 1.64 bits per heavy atom. The summed E-state index contributed by atoms with van der Waals surface area (Å²) in [7, 11) is -3.61. The van der Waals surface area contributed by atoms with Crippen LogP contribution in [0.25, 0.3) is 0 Å². The van der Waals surface area contributed by atoms with Gasteiger partial charge in [-0.25, -0.2) is 13.4 Å². The van der Waals surface area contributed by atoms with Crippen molar-refractivity contribution in [1.29, 1.82) is 0 Å². The second-order valence-electron chi connectivity index (χ2n) is 6.95.